The van der Waals surface area contributed by atoms with Gasteiger partial charge in [-0.15, -0.1) is 0 Å². The van der Waals surface area contributed by atoms with Gasteiger partial charge in [0, 0.05) is 12.4 Å². The van der Waals surface area contributed by atoms with Gasteiger partial charge in [0.15, 0.2) is 0 Å². The van der Waals surface area contributed by atoms with Gasteiger partial charge in [0.2, 0.25) is 0 Å². The molecule has 1 saturated carbocycles. The van der Waals surface area contributed by atoms with Crippen molar-refractivity contribution in [3.05, 3.63) is 24.3 Å². The fourth-order valence-corrected chi connectivity index (χ4v) is 2.12. The third kappa shape index (κ3) is 1.33. The second kappa shape index (κ2) is 3.07. The number of hydrogen-bond donors (Lipinski definition) is 1. The molecule has 13 heavy (non-hydrogen) atoms. The van der Waals surface area contributed by atoms with Crippen molar-refractivity contribution in [1.82, 2.24) is 9.97 Å². The lowest BCUT2D eigenvalue weighted by Gasteiger charge is -2.27. The first-order valence-electron chi connectivity index (χ1n) is 4.79. The first-order chi connectivity index (χ1) is 6.23. The van der Waals surface area contributed by atoms with Crippen molar-refractivity contribution in [3.8, 4) is 0 Å². The summed E-state index contributed by atoms with van der Waals surface area (Å²) in [6.07, 6.45) is 8.64. The van der Waals surface area contributed by atoms with E-state index in [1.54, 1.807) is 18.6 Å². The van der Waals surface area contributed by atoms with E-state index < -0.39 is 0 Å². The Hall–Kier alpha value is -0.960. The first-order valence-corrected chi connectivity index (χ1v) is 4.79. The predicted molar refractivity (Wildman–Crippen MR) is 50.9 cm³/mol. The maximum absolute atomic E-state index is 6.32. The van der Waals surface area contributed by atoms with Gasteiger partial charge in [-0.25, -0.2) is 0 Å². The minimum absolute atomic E-state index is 0.228. The monoisotopic (exact) mass is 177 g/mol. The Balaban J connectivity index is 2.34. The zero-order valence-corrected chi connectivity index (χ0v) is 7.90. The summed E-state index contributed by atoms with van der Waals surface area (Å²) in [6.45, 7) is 2.20. The van der Waals surface area contributed by atoms with Crippen molar-refractivity contribution in [2.24, 2.45) is 11.7 Å². The Morgan fingerprint density at radius 3 is 2.92 bits per heavy atom. The van der Waals surface area contributed by atoms with Crippen LogP contribution in [-0.4, -0.2) is 9.97 Å². The van der Waals surface area contributed by atoms with Gasteiger partial charge in [0.25, 0.3) is 0 Å². The van der Waals surface area contributed by atoms with Gasteiger partial charge in [-0.3, -0.25) is 9.97 Å². The first kappa shape index (κ1) is 8.63. The van der Waals surface area contributed by atoms with E-state index in [-0.39, 0.29) is 5.54 Å². The Morgan fingerprint density at radius 1 is 1.54 bits per heavy atom. The molecule has 0 amide bonds. The normalized spacial score (nSPS) is 33.5. The van der Waals surface area contributed by atoms with Crippen molar-refractivity contribution in [2.75, 3.05) is 0 Å². The van der Waals surface area contributed by atoms with Crippen LogP contribution in [0.4, 0.5) is 0 Å². The quantitative estimate of drug-likeness (QED) is 0.706. The smallest absolute Gasteiger partial charge is 0.0787 e. The molecule has 70 valence electrons. The van der Waals surface area contributed by atoms with E-state index in [0.717, 1.165) is 12.1 Å². The maximum atomic E-state index is 6.32. The highest BCUT2D eigenvalue weighted by atomic mass is 14.9. The lowest BCUT2D eigenvalue weighted by molar-refractivity contribution is 0.338. The minimum atomic E-state index is -0.228. The van der Waals surface area contributed by atoms with Gasteiger partial charge >= 0.3 is 0 Å². The lowest BCUT2D eigenvalue weighted by Crippen LogP contribution is -2.39. The van der Waals surface area contributed by atoms with Crippen LogP contribution in [-0.2, 0) is 5.54 Å². The average molecular weight is 177 g/mol. The van der Waals surface area contributed by atoms with Crippen molar-refractivity contribution >= 4 is 0 Å². The second-order valence-electron chi connectivity index (χ2n) is 3.92. The van der Waals surface area contributed by atoms with Crippen LogP contribution in [0.3, 0.4) is 0 Å². The van der Waals surface area contributed by atoms with Gasteiger partial charge < -0.3 is 5.73 Å². The van der Waals surface area contributed by atoms with Crippen LogP contribution >= 0.6 is 0 Å². The third-order valence-corrected chi connectivity index (χ3v) is 3.15. The molecular formula is C10H15N3. The van der Waals surface area contributed by atoms with E-state index >= 15 is 0 Å². The van der Waals surface area contributed by atoms with E-state index in [2.05, 4.69) is 16.9 Å². The third-order valence-electron chi connectivity index (χ3n) is 3.15. The molecule has 3 heteroatoms. The molecule has 0 aromatic carbocycles. The van der Waals surface area contributed by atoms with Gasteiger partial charge in [-0.2, -0.15) is 0 Å². The summed E-state index contributed by atoms with van der Waals surface area (Å²) in [5.74, 6) is 0.518. The van der Waals surface area contributed by atoms with E-state index in [4.69, 9.17) is 5.73 Å². The summed E-state index contributed by atoms with van der Waals surface area (Å²) in [4.78, 5) is 8.36. The largest absolute Gasteiger partial charge is 0.320 e. The van der Waals surface area contributed by atoms with Crippen LogP contribution in [0.5, 0.6) is 0 Å². The van der Waals surface area contributed by atoms with Gasteiger partial charge in [-0.05, 0) is 18.8 Å². The van der Waals surface area contributed by atoms with Crippen molar-refractivity contribution in [2.45, 2.75) is 31.7 Å². The summed E-state index contributed by atoms with van der Waals surface area (Å²) >= 11 is 0. The number of aromatic nitrogens is 2. The highest BCUT2D eigenvalue weighted by Crippen LogP contribution is 2.39. The molecule has 0 aliphatic heterocycles. The molecule has 1 aliphatic carbocycles. The topological polar surface area (TPSA) is 51.8 Å². The molecule has 1 aromatic heterocycles. The van der Waals surface area contributed by atoms with Gasteiger partial charge in [0.05, 0.1) is 17.4 Å². The van der Waals surface area contributed by atoms with Gasteiger partial charge in [0.1, 0.15) is 0 Å². The number of nitrogens with zero attached hydrogens (tertiary/aromatic N) is 2. The van der Waals surface area contributed by atoms with Crippen molar-refractivity contribution < 1.29 is 0 Å². The van der Waals surface area contributed by atoms with Crippen LogP contribution < -0.4 is 5.73 Å². The van der Waals surface area contributed by atoms with E-state index in [0.29, 0.717) is 5.92 Å². The molecule has 0 saturated heterocycles. The SMILES string of the molecule is CC1CCCC1(N)c1cnccn1. The molecule has 1 fully saturated rings. The van der Waals surface area contributed by atoms with Crippen LogP contribution in [0.15, 0.2) is 18.6 Å². The van der Waals surface area contributed by atoms with Crippen LogP contribution in [0.1, 0.15) is 31.9 Å². The van der Waals surface area contributed by atoms with Crippen LogP contribution in [0.25, 0.3) is 0 Å². The molecule has 2 unspecified atom stereocenters. The molecule has 2 rings (SSSR count). The molecule has 2 N–H and O–H groups in total. The fourth-order valence-electron chi connectivity index (χ4n) is 2.12. The Morgan fingerprint density at radius 2 is 2.38 bits per heavy atom. The summed E-state index contributed by atoms with van der Waals surface area (Å²) in [5, 5.41) is 0. The summed E-state index contributed by atoms with van der Waals surface area (Å²) < 4.78 is 0. The Kier molecular flexibility index (Phi) is 2.04. The Labute approximate surface area is 78.4 Å². The molecular weight excluding hydrogens is 162 g/mol. The molecule has 0 spiro atoms. The van der Waals surface area contributed by atoms with Crippen LogP contribution in [0, 0.1) is 5.92 Å². The predicted octanol–water partition coefficient (Wildman–Crippen LogP) is 1.45. The zero-order valence-electron chi connectivity index (χ0n) is 7.90. The lowest BCUT2D eigenvalue weighted by atomic mass is 9.86. The molecule has 2 atom stereocenters. The zero-order chi connectivity index (χ0) is 9.31. The average Bonchev–Trinajstić information content (AvgIpc) is 2.50. The van der Waals surface area contributed by atoms with E-state index in [1.165, 1.54) is 12.8 Å². The number of nitrogens with two attached hydrogens (primary N) is 1. The number of rotatable bonds is 1. The van der Waals surface area contributed by atoms with E-state index in [9.17, 15) is 0 Å². The highest BCUT2D eigenvalue weighted by Gasteiger charge is 2.39. The van der Waals surface area contributed by atoms with Crippen LogP contribution in [0.2, 0.25) is 0 Å². The molecule has 0 bridgehead atoms. The standard InChI is InChI=1S/C10H15N3/c1-8-3-2-4-10(8,11)9-7-12-5-6-13-9/h5-8H,2-4,11H2,1H3. The van der Waals surface area contributed by atoms with Gasteiger partial charge in [-0.1, -0.05) is 13.3 Å². The fraction of sp³-hybridized carbons (Fsp3) is 0.600. The minimum Gasteiger partial charge on any atom is -0.320 e. The summed E-state index contributed by atoms with van der Waals surface area (Å²) in [5.41, 5.74) is 7.04. The maximum Gasteiger partial charge on any atom is 0.0787 e. The summed E-state index contributed by atoms with van der Waals surface area (Å²) in [6, 6.07) is 0. The van der Waals surface area contributed by atoms with Crippen molar-refractivity contribution in [1.29, 1.82) is 0 Å². The molecule has 1 heterocycles. The molecule has 0 radical (unpaired) electrons. The molecule has 1 aliphatic rings. The highest BCUT2D eigenvalue weighted by molar-refractivity contribution is 5.14. The van der Waals surface area contributed by atoms with Crippen molar-refractivity contribution in [3.63, 3.8) is 0 Å². The summed E-state index contributed by atoms with van der Waals surface area (Å²) in [7, 11) is 0. The molecule has 3 nitrogen and oxygen atoms in total. The van der Waals surface area contributed by atoms with E-state index in [1.807, 2.05) is 0 Å². The Bertz CT molecular complexity index is 285. The second-order valence-corrected chi connectivity index (χ2v) is 3.92. The number of hydrogen-bond acceptors (Lipinski definition) is 3. The molecule has 1 aromatic rings.